The van der Waals surface area contributed by atoms with E-state index < -0.39 is 22.8 Å². The van der Waals surface area contributed by atoms with E-state index in [-0.39, 0.29) is 6.04 Å². The number of rotatable bonds is 3. The van der Waals surface area contributed by atoms with Crippen LogP contribution in [0.4, 0.5) is 0 Å². The van der Waals surface area contributed by atoms with E-state index in [4.69, 9.17) is 10.8 Å². The molecule has 0 saturated carbocycles. The first kappa shape index (κ1) is 11.6. The van der Waals surface area contributed by atoms with Crippen molar-refractivity contribution in [3.63, 3.8) is 0 Å². The molecule has 1 saturated heterocycles. The largest absolute Gasteiger partial charge is 0.480 e. The Morgan fingerprint density at radius 2 is 2.00 bits per heavy atom. The normalized spacial score (nSPS) is 24.4. The van der Waals surface area contributed by atoms with Crippen molar-refractivity contribution in [1.29, 1.82) is 0 Å². The highest BCUT2D eigenvalue weighted by Crippen LogP contribution is 2.07. The maximum absolute atomic E-state index is 11.1. The summed E-state index contributed by atoms with van der Waals surface area (Å²) in [5.41, 5.74) is 5.51. The number of carbonyl (C=O) groups is 1. The highest BCUT2D eigenvalue weighted by atomic mass is 32.2. The lowest BCUT2D eigenvalue weighted by atomic mass is 10.1. The van der Waals surface area contributed by atoms with Gasteiger partial charge in [-0.15, -0.1) is 0 Å². The Labute approximate surface area is 85.7 Å². The topological polar surface area (TPSA) is 83.6 Å². The van der Waals surface area contributed by atoms with Crippen molar-refractivity contribution in [2.24, 2.45) is 5.73 Å². The van der Waals surface area contributed by atoms with Gasteiger partial charge in [0.25, 0.3) is 0 Å². The molecule has 0 aromatic heterocycles. The van der Waals surface area contributed by atoms with E-state index >= 15 is 0 Å². The fraction of sp³-hybridized carbons (Fsp3) is 0.875. The molecule has 0 aromatic rings. The van der Waals surface area contributed by atoms with E-state index in [9.17, 15) is 9.00 Å². The fourth-order valence-electron chi connectivity index (χ4n) is 1.49. The molecule has 3 N–H and O–H groups in total. The molecule has 0 aromatic carbocycles. The standard InChI is InChI=1S/C8H16N2O3S/c1-6(7(9)8(11)12)10-2-4-14(13)5-3-10/h6-7H,2-5,9H2,1H3,(H,11,12). The molecular formula is C8H16N2O3S. The average Bonchev–Trinajstić information content (AvgIpc) is 2.16. The number of aliphatic carboxylic acids is 1. The first-order valence-corrected chi connectivity index (χ1v) is 6.08. The van der Waals surface area contributed by atoms with Crippen LogP contribution >= 0.6 is 0 Å². The van der Waals surface area contributed by atoms with Gasteiger partial charge in [0.1, 0.15) is 6.04 Å². The molecular weight excluding hydrogens is 204 g/mol. The molecule has 1 heterocycles. The molecule has 1 rings (SSSR count). The predicted octanol–water partition coefficient (Wildman–Crippen LogP) is -1.15. The summed E-state index contributed by atoms with van der Waals surface area (Å²) in [4.78, 5) is 12.6. The molecule has 82 valence electrons. The van der Waals surface area contributed by atoms with Gasteiger partial charge in [0.15, 0.2) is 0 Å². The van der Waals surface area contributed by atoms with Crippen molar-refractivity contribution in [1.82, 2.24) is 4.90 Å². The summed E-state index contributed by atoms with van der Waals surface area (Å²) >= 11 is 0. The maximum atomic E-state index is 11.1. The van der Waals surface area contributed by atoms with Gasteiger partial charge in [-0.05, 0) is 6.92 Å². The van der Waals surface area contributed by atoms with E-state index in [2.05, 4.69) is 0 Å². The minimum absolute atomic E-state index is 0.190. The van der Waals surface area contributed by atoms with Gasteiger partial charge in [-0.1, -0.05) is 0 Å². The smallest absolute Gasteiger partial charge is 0.322 e. The van der Waals surface area contributed by atoms with Crippen molar-refractivity contribution in [3.8, 4) is 0 Å². The Morgan fingerprint density at radius 1 is 1.50 bits per heavy atom. The molecule has 6 heteroatoms. The van der Waals surface area contributed by atoms with Crippen LogP contribution in [-0.4, -0.2) is 56.9 Å². The minimum atomic E-state index is -0.982. The Bertz CT molecular complexity index is 237. The average molecular weight is 220 g/mol. The Kier molecular flexibility index (Phi) is 4.03. The number of carboxylic acids is 1. The van der Waals surface area contributed by atoms with Crippen LogP contribution in [0, 0.1) is 0 Å². The van der Waals surface area contributed by atoms with Crippen molar-refractivity contribution in [3.05, 3.63) is 0 Å². The summed E-state index contributed by atoms with van der Waals surface area (Å²) in [6, 6.07) is -1.05. The van der Waals surface area contributed by atoms with Gasteiger partial charge in [0, 0.05) is 41.4 Å². The molecule has 1 aliphatic heterocycles. The Balaban J connectivity index is 2.48. The molecule has 14 heavy (non-hydrogen) atoms. The summed E-state index contributed by atoms with van der Waals surface area (Å²) in [6.45, 7) is 3.15. The summed E-state index contributed by atoms with van der Waals surface area (Å²) in [7, 11) is -0.731. The predicted molar refractivity (Wildman–Crippen MR) is 54.5 cm³/mol. The van der Waals surface area contributed by atoms with Crippen LogP contribution in [-0.2, 0) is 15.6 Å². The van der Waals surface area contributed by atoms with Crippen LogP contribution in [0.2, 0.25) is 0 Å². The number of hydrogen-bond donors (Lipinski definition) is 2. The molecule has 1 aliphatic rings. The molecule has 2 unspecified atom stereocenters. The monoisotopic (exact) mass is 220 g/mol. The van der Waals surface area contributed by atoms with E-state index in [0.717, 1.165) is 0 Å². The van der Waals surface area contributed by atoms with Crippen LogP contribution in [0.3, 0.4) is 0 Å². The molecule has 0 aliphatic carbocycles. The first-order chi connectivity index (χ1) is 6.52. The number of nitrogens with zero attached hydrogens (tertiary/aromatic N) is 1. The van der Waals surface area contributed by atoms with Crippen LogP contribution in [0.1, 0.15) is 6.92 Å². The number of nitrogens with two attached hydrogens (primary N) is 1. The van der Waals surface area contributed by atoms with Crippen molar-refractivity contribution in [2.75, 3.05) is 24.6 Å². The number of carboxylic acid groups (broad SMARTS) is 1. The van der Waals surface area contributed by atoms with Gasteiger partial charge in [0.05, 0.1) is 0 Å². The summed E-state index contributed by atoms with van der Waals surface area (Å²) in [5, 5.41) is 8.72. The van der Waals surface area contributed by atoms with Gasteiger partial charge < -0.3 is 10.8 Å². The second-order valence-electron chi connectivity index (χ2n) is 3.49. The highest BCUT2D eigenvalue weighted by Gasteiger charge is 2.27. The third kappa shape index (κ3) is 2.76. The van der Waals surface area contributed by atoms with Crippen LogP contribution in [0.25, 0.3) is 0 Å². The summed E-state index contributed by atoms with van der Waals surface area (Å²) in [6.07, 6.45) is 0. The van der Waals surface area contributed by atoms with Gasteiger partial charge >= 0.3 is 5.97 Å². The van der Waals surface area contributed by atoms with Crippen LogP contribution < -0.4 is 5.73 Å². The zero-order valence-electron chi connectivity index (χ0n) is 8.18. The summed E-state index contributed by atoms with van der Waals surface area (Å²) < 4.78 is 11.1. The molecule has 5 nitrogen and oxygen atoms in total. The van der Waals surface area contributed by atoms with Gasteiger partial charge in [-0.2, -0.15) is 0 Å². The Morgan fingerprint density at radius 3 is 2.43 bits per heavy atom. The lowest BCUT2D eigenvalue weighted by Crippen LogP contribution is -2.53. The van der Waals surface area contributed by atoms with E-state index in [1.54, 1.807) is 6.92 Å². The van der Waals surface area contributed by atoms with Gasteiger partial charge in [-0.3, -0.25) is 13.9 Å². The van der Waals surface area contributed by atoms with Gasteiger partial charge in [-0.25, -0.2) is 0 Å². The van der Waals surface area contributed by atoms with Crippen LogP contribution in [0.15, 0.2) is 0 Å². The third-order valence-electron chi connectivity index (χ3n) is 2.59. The zero-order valence-corrected chi connectivity index (χ0v) is 9.00. The second-order valence-corrected chi connectivity index (χ2v) is 5.18. The quantitative estimate of drug-likeness (QED) is 0.627. The van der Waals surface area contributed by atoms with Gasteiger partial charge in [0.2, 0.25) is 0 Å². The SMILES string of the molecule is CC(C(N)C(=O)O)N1CCS(=O)CC1. The van der Waals surface area contributed by atoms with E-state index in [0.29, 0.717) is 24.6 Å². The lowest BCUT2D eigenvalue weighted by Gasteiger charge is -2.33. The minimum Gasteiger partial charge on any atom is -0.480 e. The van der Waals surface area contributed by atoms with Crippen molar-refractivity contribution < 1.29 is 14.1 Å². The molecule has 0 spiro atoms. The second kappa shape index (κ2) is 4.86. The maximum Gasteiger partial charge on any atom is 0.322 e. The lowest BCUT2D eigenvalue weighted by molar-refractivity contribution is -0.140. The molecule has 0 amide bonds. The third-order valence-corrected chi connectivity index (χ3v) is 3.87. The fourth-order valence-corrected chi connectivity index (χ4v) is 2.57. The summed E-state index contributed by atoms with van der Waals surface area (Å²) in [5.74, 6) is 0.261. The molecule has 0 radical (unpaired) electrons. The van der Waals surface area contributed by atoms with E-state index in [1.165, 1.54) is 0 Å². The Hall–Kier alpha value is -0.460. The molecule has 0 bridgehead atoms. The number of hydrogen-bond acceptors (Lipinski definition) is 4. The van der Waals surface area contributed by atoms with E-state index in [1.807, 2.05) is 4.90 Å². The van der Waals surface area contributed by atoms with Crippen molar-refractivity contribution >= 4 is 16.8 Å². The first-order valence-electron chi connectivity index (χ1n) is 4.60. The van der Waals surface area contributed by atoms with Crippen molar-refractivity contribution in [2.45, 2.75) is 19.0 Å². The molecule has 1 fully saturated rings. The highest BCUT2D eigenvalue weighted by molar-refractivity contribution is 7.85. The van der Waals surface area contributed by atoms with Crippen LogP contribution in [0.5, 0.6) is 0 Å². The molecule has 2 atom stereocenters. The zero-order chi connectivity index (χ0) is 10.7.